The van der Waals surface area contributed by atoms with Crippen molar-refractivity contribution in [1.82, 2.24) is 10.6 Å². The first-order valence-corrected chi connectivity index (χ1v) is 6.76. The molecule has 1 aromatic rings. The summed E-state index contributed by atoms with van der Waals surface area (Å²) in [6.45, 7) is 2.43. The SMILES string of the molecule is CCCC(NCC(=O)NCc1cccs1)C(=O)O. The molecule has 1 aromatic heterocycles. The predicted molar refractivity (Wildman–Crippen MR) is 70.5 cm³/mol. The van der Waals surface area contributed by atoms with Crippen LogP contribution in [0.1, 0.15) is 24.6 Å². The van der Waals surface area contributed by atoms with Crippen LogP contribution in [0.2, 0.25) is 0 Å². The highest BCUT2D eigenvalue weighted by Crippen LogP contribution is 2.07. The zero-order valence-electron chi connectivity index (χ0n) is 10.3. The van der Waals surface area contributed by atoms with Gasteiger partial charge in [-0.25, -0.2) is 0 Å². The molecule has 0 aliphatic rings. The normalized spacial score (nSPS) is 12.1. The largest absolute Gasteiger partial charge is 0.480 e. The van der Waals surface area contributed by atoms with Gasteiger partial charge < -0.3 is 10.4 Å². The molecule has 1 amide bonds. The van der Waals surface area contributed by atoms with Crippen molar-refractivity contribution in [3.63, 3.8) is 0 Å². The molecule has 1 rings (SSSR count). The highest BCUT2D eigenvalue weighted by atomic mass is 32.1. The molecule has 0 bridgehead atoms. The molecule has 1 unspecified atom stereocenters. The minimum Gasteiger partial charge on any atom is -0.480 e. The Morgan fingerprint density at radius 1 is 1.50 bits per heavy atom. The first kappa shape index (κ1) is 14.7. The van der Waals surface area contributed by atoms with E-state index in [-0.39, 0.29) is 12.5 Å². The third-order valence-corrected chi connectivity index (χ3v) is 3.30. The Morgan fingerprint density at radius 3 is 2.83 bits per heavy atom. The van der Waals surface area contributed by atoms with Crippen LogP contribution in [-0.4, -0.2) is 29.6 Å². The van der Waals surface area contributed by atoms with E-state index in [0.29, 0.717) is 13.0 Å². The van der Waals surface area contributed by atoms with Crippen molar-refractivity contribution in [3.8, 4) is 0 Å². The summed E-state index contributed by atoms with van der Waals surface area (Å²) in [6.07, 6.45) is 1.29. The van der Waals surface area contributed by atoms with Gasteiger partial charge in [-0.2, -0.15) is 0 Å². The van der Waals surface area contributed by atoms with E-state index in [1.807, 2.05) is 24.4 Å². The molecule has 5 nitrogen and oxygen atoms in total. The third-order valence-electron chi connectivity index (χ3n) is 2.42. The van der Waals surface area contributed by atoms with Gasteiger partial charge in [0.25, 0.3) is 0 Å². The van der Waals surface area contributed by atoms with Crippen LogP contribution in [0.3, 0.4) is 0 Å². The summed E-state index contributed by atoms with van der Waals surface area (Å²) in [5.74, 6) is -1.10. The van der Waals surface area contributed by atoms with Crippen molar-refractivity contribution >= 4 is 23.2 Å². The van der Waals surface area contributed by atoms with Crippen molar-refractivity contribution in [2.75, 3.05) is 6.54 Å². The molecule has 0 saturated heterocycles. The maximum absolute atomic E-state index is 11.5. The first-order valence-electron chi connectivity index (χ1n) is 5.88. The van der Waals surface area contributed by atoms with Crippen molar-refractivity contribution in [2.24, 2.45) is 0 Å². The van der Waals surface area contributed by atoms with Crippen molar-refractivity contribution in [3.05, 3.63) is 22.4 Å². The van der Waals surface area contributed by atoms with Gasteiger partial charge in [-0.3, -0.25) is 14.9 Å². The Morgan fingerprint density at radius 2 is 2.28 bits per heavy atom. The van der Waals surface area contributed by atoms with Crippen LogP contribution in [0.5, 0.6) is 0 Å². The lowest BCUT2D eigenvalue weighted by atomic mass is 10.2. The van der Waals surface area contributed by atoms with E-state index in [9.17, 15) is 9.59 Å². The number of carboxylic acids is 1. The van der Waals surface area contributed by atoms with Gasteiger partial charge in [0.2, 0.25) is 5.91 Å². The lowest BCUT2D eigenvalue weighted by Gasteiger charge is -2.13. The second-order valence-corrected chi connectivity index (χ2v) is 4.95. The van der Waals surface area contributed by atoms with E-state index in [1.165, 1.54) is 0 Å². The van der Waals surface area contributed by atoms with Crippen LogP contribution in [0.15, 0.2) is 17.5 Å². The van der Waals surface area contributed by atoms with Gasteiger partial charge in [0.1, 0.15) is 6.04 Å². The van der Waals surface area contributed by atoms with Gasteiger partial charge in [0.05, 0.1) is 13.1 Å². The van der Waals surface area contributed by atoms with Crippen molar-refractivity contribution in [2.45, 2.75) is 32.4 Å². The Balaban J connectivity index is 2.25. The number of carbonyl (C=O) groups is 2. The number of nitrogens with one attached hydrogen (secondary N) is 2. The Bertz CT molecular complexity index is 379. The summed E-state index contributed by atoms with van der Waals surface area (Å²) in [5.41, 5.74) is 0. The predicted octanol–water partition coefficient (Wildman–Crippen LogP) is 1.21. The monoisotopic (exact) mass is 270 g/mol. The first-order chi connectivity index (χ1) is 8.63. The molecule has 0 radical (unpaired) electrons. The van der Waals surface area contributed by atoms with E-state index in [1.54, 1.807) is 11.3 Å². The molecule has 18 heavy (non-hydrogen) atoms. The molecule has 0 fully saturated rings. The summed E-state index contributed by atoms with van der Waals surface area (Å²) < 4.78 is 0. The van der Waals surface area contributed by atoms with E-state index >= 15 is 0 Å². The van der Waals surface area contributed by atoms with Gasteiger partial charge >= 0.3 is 5.97 Å². The maximum atomic E-state index is 11.5. The molecule has 3 N–H and O–H groups in total. The molecule has 100 valence electrons. The smallest absolute Gasteiger partial charge is 0.320 e. The van der Waals surface area contributed by atoms with Crippen molar-refractivity contribution < 1.29 is 14.7 Å². The van der Waals surface area contributed by atoms with Crippen LogP contribution >= 0.6 is 11.3 Å². The average molecular weight is 270 g/mol. The highest BCUT2D eigenvalue weighted by molar-refractivity contribution is 7.09. The number of aliphatic carboxylic acids is 1. The molecule has 0 aliphatic carbocycles. The standard InChI is InChI=1S/C12H18N2O3S/c1-2-4-10(12(16)17)13-8-11(15)14-7-9-5-3-6-18-9/h3,5-6,10,13H,2,4,7-8H2,1H3,(H,14,15)(H,16,17). The van der Waals surface area contributed by atoms with Crippen molar-refractivity contribution in [1.29, 1.82) is 0 Å². The van der Waals surface area contributed by atoms with Gasteiger partial charge in [-0.05, 0) is 17.9 Å². The molecule has 6 heteroatoms. The summed E-state index contributed by atoms with van der Waals surface area (Å²) >= 11 is 1.57. The fourth-order valence-corrected chi connectivity index (χ4v) is 2.12. The molecule has 0 aliphatic heterocycles. The molecule has 1 atom stereocenters. The van der Waals surface area contributed by atoms with Crippen LogP contribution in [0.25, 0.3) is 0 Å². The van der Waals surface area contributed by atoms with Gasteiger partial charge in [-0.1, -0.05) is 19.4 Å². The maximum Gasteiger partial charge on any atom is 0.320 e. The highest BCUT2D eigenvalue weighted by Gasteiger charge is 2.16. The van der Waals surface area contributed by atoms with E-state index < -0.39 is 12.0 Å². The number of rotatable bonds is 8. The average Bonchev–Trinajstić information content (AvgIpc) is 2.84. The number of amides is 1. The Labute approximate surface area is 110 Å². The van der Waals surface area contributed by atoms with Gasteiger partial charge in [0, 0.05) is 4.88 Å². The van der Waals surface area contributed by atoms with Gasteiger partial charge in [0.15, 0.2) is 0 Å². The van der Waals surface area contributed by atoms with Crippen LogP contribution in [0.4, 0.5) is 0 Å². The summed E-state index contributed by atoms with van der Waals surface area (Å²) in [7, 11) is 0. The second kappa shape index (κ2) is 7.84. The van der Waals surface area contributed by atoms with Gasteiger partial charge in [-0.15, -0.1) is 11.3 Å². The number of hydrogen-bond donors (Lipinski definition) is 3. The number of carbonyl (C=O) groups excluding carboxylic acids is 1. The zero-order chi connectivity index (χ0) is 13.4. The van der Waals surface area contributed by atoms with E-state index in [0.717, 1.165) is 11.3 Å². The molecule has 0 aromatic carbocycles. The number of carboxylic acid groups (broad SMARTS) is 1. The fraction of sp³-hybridized carbons (Fsp3) is 0.500. The molecule has 0 spiro atoms. The summed E-state index contributed by atoms with van der Waals surface area (Å²) in [6, 6.07) is 3.21. The number of hydrogen-bond acceptors (Lipinski definition) is 4. The minimum atomic E-state index is -0.914. The minimum absolute atomic E-state index is 0.0301. The molecular weight excluding hydrogens is 252 g/mol. The molecular formula is C12H18N2O3S. The fourth-order valence-electron chi connectivity index (χ4n) is 1.48. The third kappa shape index (κ3) is 5.29. The zero-order valence-corrected chi connectivity index (χ0v) is 11.1. The summed E-state index contributed by atoms with van der Waals surface area (Å²) in [5, 5.41) is 16.3. The topological polar surface area (TPSA) is 78.4 Å². The quantitative estimate of drug-likeness (QED) is 0.663. The second-order valence-electron chi connectivity index (χ2n) is 3.92. The van der Waals surface area contributed by atoms with Crippen LogP contribution in [-0.2, 0) is 16.1 Å². The number of thiophene rings is 1. The molecule has 1 heterocycles. The lowest BCUT2D eigenvalue weighted by Crippen LogP contribution is -2.42. The van der Waals surface area contributed by atoms with E-state index in [2.05, 4.69) is 10.6 Å². The van der Waals surface area contributed by atoms with E-state index in [4.69, 9.17) is 5.11 Å². The lowest BCUT2D eigenvalue weighted by molar-refractivity contribution is -0.139. The van der Waals surface area contributed by atoms with Crippen LogP contribution in [0, 0.1) is 0 Å². The Kier molecular flexibility index (Phi) is 6.38. The Hall–Kier alpha value is -1.40. The summed E-state index contributed by atoms with van der Waals surface area (Å²) in [4.78, 5) is 23.4. The molecule has 0 saturated carbocycles. The van der Waals surface area contributed by atoms with Crippen LogP contribution < -0.4 is 10.6 Å².